The molecule has 0 aromatic heterocycles. The molecule has 1 aromatic rings. The Kier molecular flexibility index (Phi) is 3.32. The molecule has 0 saturated heterocycles. The molecule has 0 bridgehead atoms. The van der Waals surface area contributed by atoms with Crippen molar-refractivity contribution in [2.45, 2.75) is 20.3 Å². The van der Waals surface area contributed by atoms with Gasteiger partial charge in [-0.15, -0.1) is 0 Å². The molecule has 0 heterocycles. The highest BCUT2D eigenvalue weighted by atomic mass is 35.5. The second-order valence-corrected chi connectivity index (χ2v) is 3.30. The highest BCUT2D eigenvalue weighted by Gasteiger charge is 2.05. The zero-order chi connectivity index (χ0) is 9.84. The van der Waals surface area contributed by atoms with Gasteiger partial charge in [0.1, 0.15) is 0 Å². The summed E-state index contributed by atoms with van der Waals surface area (Å²) in [5.41, 5.74) is 2.90. The Hall–Kier alpha value is -1.02. The van der Waals surface area contributed by atoms with E-state index >= 15 is 0 Å². The quantitative estimate of drug-likeness (QED) is 0.742. The number of halogens is 1. The lowest BCUT2D eigenvalue weighted by molar-refractivity contribution is -0.105. The number of amides is 1. The number of rotatable bonds is 3. The average molecular weight is 198 g/mol. The van der Waals surface area contributed by atoms with Crippen LogP contribution in [0.2, 0.25) is 5.02 Å². The number of nitrogens with one attached hydrogen (secondary N) is 1. The van der Waals surface area contributed by atoms with E-state index in [0.717, 1.165) is 23.2 Å². The summed E-state index contributed by atoms with van der Waals surface area (Å²) in [6, 6.07) is 3.87. The third-order valence-electron chi connectivity index (χ3n) is 1.90. The zero-order valence-corrected chi connectivity index (χ0v) is 8.48. The van der Waals surface area contributed by atoms with Gasteiger partial charge in [-0.2, -0.15) is 0 Å². The lowest BCUT2D eigenvalue weighted by atomic mass is 10.1. The van der Waals surface area contributed by atoms with Crippen molar-refractivity contribution in [2.75, 3.05) is 5.32 Å². The van der Waals surface area contributed by atoms with Gasteiger partial charge in [0.25, 0.3) is 0 Å². The first kappa shape index (κ1) is 10.1. The first-order chi connectivity index (χ1) is 6.19. The van der Waals surface area contributed by atoms with Crippen molar-refractivity contribution in [3.63, 3.8) is 0 Å². The number of carbonyl (C=O) groups is 1. The highest BCUT2D eigenvalue weighted by molar-refractivity contribution is 6.33. The van der Waals surface area contributed by atoms with Gasteiger partial charge in [0.2, 0.25) is 6.41 Å². The van der Waals surface area contributed by atoms with Crippen LogP contribution in [0.5, 0.6) is 0 Å². The third-order valence-corrected chi connectivity index (χ3v) is 2.20. The molecule has 0 atom stereocenters. The minimum absolute atomic E-state index is 0.601. The number of benzene rings is 1. The molecule has 2 nitrogen and oxygen atoms in total. The largest absolute Gasteiger partial charge is 0.327 e. The van der Waals surface area contributed by atoms with E-state index in [1.165, 1.54) is 0 Å². The molecule has 0 aliphatic heterocycles. The number of anilines is 1. The molecule has 0 aliphatic rings. The van der Waals surface area contributed by atoms with Crippen molar-refractivity contribution in [1.82, 2.24) is 0 Å². The molecular weight excluding hydrogens is 186 g/mol. The standard InChI is InChI=1S/C10H12ClNO/c1-3-8-4-7(2)5-9(11)10(8)12-6-13/h4-6H,3H2,1-2H3,(H,12,13). The number of carbonyl (C=O) groups excluding carboxylic acids is 1. The Morgan fingerprint density at radius 2 is 2.23 bits per heavy atom. The van der Waals surface area contributed by atoms with E-state index in [-0.39, 0.29) is 0 Å². The van der Waals surface area contributed by atoms with Crippen LogP contribution < -0.4 is 5.32 Å². The van der Waals surface area contributed by atoms with Gasteiger partial charge in [0.05, 0.1) is 10.7 Å². The van der Waals surface area contributed by atoms with Gasteiger partial charge in [0, 0.05) is 0 Å². The zero-order valence-electron chi connectivity index (χ0n) is 7.73. The summed E-state index contributed by atoms with van der Waals surface area (Å²) in [6.45, 7) is 4.01. The molecule has 13 heavy (non-hydrogen) atoms. The van der Waals surface area contributed by atoms with E-state index < -0.39 is 0 Å². The molecule has 1 aromatic carbocycles. The molecule has 1 N–H and O–H groups in total. The van der Waals surface area contributed by atoms with Gasteiger partial charge in [-0.3, -0.25) is 4.79 Å². The van der Waals surface area contributed by atoms with E-state index in [0.29, 0.717) is 11.4 Å². The summed E-state index contributed by atoms with van der Waals surface area (Å²) in [4.78, 5) is 10.3. The molecule has 1 amide bonds. The van der Waals surface area contributed by atoms with Crippen LogP contribution in [0.15, 0.2) is 12.1 Å². The van der Waals surface area contributed by atoms with Gasteiger partial charge < -0.3 is 5.32 Å². The predicted octanol–water partition coefficient (Wildman–Crippen LogP) is 2.78. The Labute approximate surface area is 82.9 Å². The molecule has 70 valence electrons. The predicted molar refractivity (Wildman–Crippen MR) is 55.3 cm³/mol. The van der Waals surface area contributed by atoms with Crippen LogP contribution in [0.4, 0.5) is 5.69 Å². The average Bonchev–Trinajstić information content (AvgIpc) is 2.09. The van der Waals surface area contributed by atoms with Crippen LogP contribution in [-0.4, -0.2) is 6.41 Å². The Morgan fingerprint density at radius 1 is 1.54 bits per heavy atom. The van der Waals surface area contributed by atoms with Crippen LogP contribution in [0.1, 0.15) is 18.1 Å². The number of hydrogen-bond acceptors (Lipinski definition) is 1. The Morgan fingerprint density at radius 3 is 2.77 bits per heavy atom. The summed E-state index contributed by atoms with van der Waals surface area (Å²) < 4.78 is 0. The fourth-order valence-corrected chi connectivity index (χ4v) is 1.66. The Balaban J connectivity index is 3.20. The van der Waals surface area contributed by atoms with Gasteiger partial charge in [0.15, 0.2) is 0 Å². The van der Waals surface area contributed by atoms with E-state index in [1.54, 1.807) is 0 Å². The fraction of sp³-hybridized carbons (Fsp3) is 0.300. The van der Waals surface area contributed by atoms with E-state index in [9.17, 15) is 4.79 Å². The summed E-state index contributed by atoms with van der Waals surface area (Å²) in [6.07, 6.45) is 1.51. The molecule has 0 unspecified atom stereocenters. The van der Waals surface area contributed by atoms with E-state index in [1.807, 2.05) is 26.0 Å². The van der Waals surface area contributed by atoms with E-state index in [2.05, 4.69) is 5.32 Å². The monoisotopic (exact) mass is 197 g/mol. The van der Waals surface area contributed by atoms with Gasteiger partial charge in [-0.05, 0) is 30.5 Å². The Bertz CT molecular complexity index is 323. The SMILES string of the molecule is CCc1cc(C)cc(Cl)c1NC=O. The number of hydrogen-bond donors (Lipinski definition) is 1. The molecule has 0 saturated carbocycles. The van der Waals surface area contributed by atoms with Gasteiger partial charge in [-0.1, -0.05) is 24.6 Å². The van der Waals surface area contributed by atoms with Crippen molar-refractivity contribution in [2.24, 2.45) is 0 Å². The summed E-state index contributed by atoms with van der Waals surface area (Å²) in [7, 11) is 0. The van der Waals surface area contributed by atoms with Gasteiger partial charge >= 0.3 is 0 Å². The first-order valence-corrected chi connectivity index (χ1v) is 4.56. The second kappa shape index (κ2) is 4.28. The van der Waals surface area contributed by atoms with E-state index in [4.69, 9.17) is 11.6 Å². The summed E-state index contributed by atoms with van der Waals surface area (Å²) in [5, 5.41) is 3.21. The molecular formula is C10H12ClNO. The normalized spacial score (nSPS) is 9.77. The topological polar surface area (TPSA) is 29.1 Å². The number of aryl methyl sites for hydroxylation is 2. The lowest BCUT2D eigenvalue weighted by Crippen LogP contribution is -1.99. The van der Waals surface area contributed by atoms with Crippen molar-refractivity contribution in [1.29, 1.82) is 0 Å². The fourth-order valence-electron chi connectivity index (χ4n) is 1.31. The molecule has 0 radical (unpaired) electrons. The van der Waals surface area contributed by atoms with Crippen molar-refractivity contribution in [3.05, 3.63) is 28.3 Å². The maximum atomic E-state index is 10.3. The second-order valence-electron chi connectivity index (χ2n) is 2.90. The third kappa shape index (κ3) is 2.22. The molecule has 3 heteroatoms. The lowest BCUT2D eigenvalue weighted by Gasteiger charge is -2.09. The highest BCUT2D eigenvalue weighted by Crippen LogP contribution is 2.27. The van der Waals surface area contributed by atoms with Crippen molar-refractivity contribution in [3.8, 4) is 0 Å². The van der Waals surface area contributed by atoms with Crippen LogP contribution >= 0.6 is 11.6 Å². The maximum absolute atomic E-state index is 10.3. The van der Waals surface area contributed by atoms with Crippen LogP contribution in [-0.2, 0) is 11.2 Å². The molecule has 0 spiro atoms. The summed E-state index contributed by atoms with van der Waals surface area (Å²) >= 11 is 5.97. The smallest absolute Gasteiger partial charge is 0.211 e. The van der Waals surface area contributed by atoms with Crippen LogP contribution in [0.3, 0.4) is 0 Å². The van der Waals surface area contributed by atoms with Crippen molar-refractivity contribution >= 4 is 23.7 Å². The molecule has 0 aliphatic carbocycles. The van der Waals surface area contributed by atoms with Gasteiger partial charge in [-0.25, -0.2) is 0 Å². The molecule has 0 fully saturated rings. The maximum Gasteiger partial charge on any atom is 0.211 e. The first-order valence-electron chi connectivity index (χ1n) is 4.18. The molecule has 1 rings (SSSR count). The van der Waals surface area contributed by atoms with Crippen LogP contribution in [0, 0.1) is 6.92 Å². The van der Waals surface area contributed by atoms with Crippen molar-refractivity contribution < 1.29 is 4.79 Å². The minimum atomic E-state index is 0.601. The minimum Gasteiger partial charge on any atom is -0.327 e. The van der Waals surface area contributed by atoms with Crippen LogP contribution in [0.25, 0.3) is 0 Å². The summed E-state index contributed by atoms with van der Waals surface area (Å²) in [5.74, 6) is 0.